The molecule has 146 valence electrons. The van der Waals surface area contributed by atoms with E-state index in [0.717, 1.165) is 51.6 Å². The van der Waals surface area contributed by atoms with E-state index in [1.165, 1.54) is 19.3 Å². The van der Waals surface area contributed by atoms with Crippen molar-refractivity contribution >= 4 is 5.97 Å². The first-order valence-electron chi connectivity index (χ1n) is 10.5. The molecule has 4 bridgehead atoms. The van der Waals surface area contributed by atoms with Gasteiger partial charge in [0.1, 0.15) is 5.60 Å². The normalized spacial score (nSPS) is 44.1. The Bertz CT molecular complexity index is 546. The largest absolute Gasteiger partial charge is 0.456 e. The van der Waals surface area contributed by atoms with Crippen molar-refractivity contribution in [1.29, 1.82) is 0 Å². The lowest BCUT2D eigenvalue weighted by Gasteiger charge is -2.60. The molecule has 1 N–H and O–H groups in total. The molecule has 4 nitrogen and oxygen atoms in total. The van der Waals surface area contributed by atoms with Crippen LogP contribution in [0, 0.1) is 23.7 Å². The van der Waals surface area contributed by atoms with Crippen molar-refractivity contribution in [2.24, 2.45) is 23.7 Å². The van der Waals surface area contributed by atoms with Crippen molar-refractivity contribution in [2.45, 2.75) is 82.3 Å². The molecule has 5 aliphatic carbocycles. The lowest BCUT2D eigenvalue weighted by molar-refractivity contribution is -0.235. The Kier molecular flexibility index (Phi) is 4.94. The number of aliphatic hydroxyl groups is 1. The van der Waals surface area contributed by atoms with Gasteiger partial charge in [-0.3, -0.25) is 0 Å². The third-order valence-corrected chi connectivity index (χ3v) is 7.46. The molecule has 2 unspecified atom stereocenters. The summed E-state index contributed by atoms with van der Waals surface area (Å²) in [5.41, 5.74) is 0.110. The van der Waals surface area contributed by atoms with Crippen molar-refractivity contribution in [3.8, 4) is 0 Å². The minimum absolute atomic E-state index is 0.0761. The molecule has 5 fully saturated rings. The SMILES string of the molecule is C=C(C)C(=O)OC12CC3CC(CC(OCC4CCC(CO)CC4)(C3)C1)C2. The summed E-state index contributed by atoms with van der Waals surface area (Å²) < 4.78 is 12.7. The van der Waals surface area contributed by atoms with Gasteiger partial charge < -0.3 is 14.6 Å². The van der Waals surface area contributed by atoms with Gasteiger partial charge >= 0.3 is 5.97 Å². The van der Waals surface area contributed by atoms with Gasteiger partial charge in [-0.25, -0.2) is 4.79 Å². The van der Waals surface area contributed by atoms with Crippen LogP contribution in [0.2, 0.25) is 0 Å². The van der Waals surface area contributed by atoms with E-state index in [0.29, 0.717) is 35.9 Å². The van der Waals surface area contributed by atoms with Crippen LogP contribution in [-0.4, -0.2) is 35.5 Å². The highest BCUT2D eigenvalue weighted by atomic mass is 16.6. The summed E-state index contributed by atoms with van der Waals surface area (Å²) in [5, 5.41) is 9.32. The fraction of sp³-hybridized carbons (Fsp3) is 0.864. The monoisotopic (exact) mass is 362 g/mol. The van der Waals surface area contributed by atoms with E-state index in [1.54, 1.807) is 6.92 Å². The average molecular weight is 363 g/mol. The second kappa shape index (κ2) is 6.94. The van der Waals surface area contributed by atoms with E-state index >= 15 is 0 Å². The zero-order valence-corrected chi connectivity index (χ0v) is 16.2. The number of carbonyl (C=O) groups excluding carboxylic acids is 1. The molecule has 0 aliphatic heterocycles. The lowest BCUT2D eigenvalue weighted by atomic mass is 9.52. The number of ether oxygens (including phenoxy) is 2. The van der Waals surface area contributed by atoms with Gasteiger partial charge in [0.25, 0.3) is 0 Å². The van der Waals surface area contributed by atoms with Gasteiger partial charge in [0.05, 0.1) is 12.2 Å². The second-order valence-corrected chi connectivity index (χ2v) is 9.88. The summed E-state index contributed by atoms with van der Waals surface area (Å²) in [5.74, 6) is 2.17. The number of rotatable bonds is 6. The van der Waals surface area contributed by atoms with E-state index in [9.17, 15) is 9.90 Å². The summed E-state index contributed by atoms with van der Waals surface area (Å²) in [4.78, 5) is 12.2. The first kappa shape index (κ1) is 18.5. The van der Waals surface area contributed by atoms with Gasteiger partial charge in [-0.05, 0) is 88.4 Å². The zero-order chi connectivity index (χ0) is 18.4. The highest BCUT2D eigenvalue weighted by Crippen LogP contribution is 2.60. The first-order valence-corrected chi connectivity index (χ1v) is 10.5. The van der Waals surface area contributed by atoms with Crippen molar-refractivity contribution < 1.29 is 19.4 Å². The summed E-state index contributed by atoms with van der Waals surface area (Å²) in [6, 6.07) is 0. The third kappa shape index (κ3) is 3.60. The van der Waals surface area contributed by atoms with E-state index in [1.807, 2.05) is 0 Å². The lowest BCUT2D eigenvalue weighted by Crippen LogP contribution is -2.61. The van der Waals surface area contributed by atoms with Crippen molar-refractivity contribution in [3.63, 3.8) is 0 Å². The van der Waals surface area contributed by atoms with Crippen LogP contribution in [0.1, 0.15) is 71.1 Å². The molecular formula is C22H34O4. The van der Waals surface area contributed by atoms with Crippen LogP contribution in [0.5, 0.6) is 0 Å². The van der Waals surface area contributed by atoms with Crippen molar-refractivity contribution in [2.75, 3.05) is 13.2 Å². The summed E-state index contributed by atoms with van der Waals surface area (Å²) in [6.07, 6.45) is 11.0. The molecule has 0 amide bonds. The van der Waals surface area contributed by atoms with Crippen LogP contribution < -0.4 is 0 Å². The van der Waals surface area contributed by atoms with Crippen LogP contribution in [0.25, 0.3) is 0 Å². The van der Waals surface area contributed by atoms with E-state index in [4.69, 9.17) is 9.47 Å². The minimum Gasteiger partial charge on any atom is -0.456 e. The van der Waals surface area contributed by atoms with Gasteiger partial charge in [-0.2, -0.15) is 0 Å². The standard InChI is InChI=1S/C22H34O4/c1-15(2)20(24)26-22-10-18-7-19(11-22)9-21(8-18,14-22)25-13-17-5-3-16(12-23)4-6-17/h16-19,23H,1,3-14H2,2H3. The molecule has 0 aromatic carbocycles. The Morgan fingerprint density at radius 3 is 2.19 bits per heavy atom. The minimum atomic E-state index is -0.311. The van der Waals surface area contributed by atoms with Crippen molar-refractivity contribution in [1.82, 2.24) is 0 Å². The van der Waals surface area contributed by atoms with Gasteiger partial charge in [0.2, 0.25) is 0 Å². The molecule has 4 heteroatoms. The topological polar surface area (TPSA) is 55.8 Å². The van der Waals surface area contributed by atoms with E-state index < -0.39 is 0 Å². The Hall–Kier alpha value is -0.870. The molecule has 0 saturated heterocycles. The predicted molar refractivity (Wildman–Crippen MR) is 99.5 cm³/mol. The van der Waals surface area contributed by atoms with Gasteiger partial charge in [0, 0.05) is 18.6 Å². The number of carbonyl (C=O) groups is 1. The molecule has 5 aliphatic rings. The predicted octanol–water partition coefficient (Wildman–Crippen LogP) is 4.01. The molecule has 5 saturated carbocycles. The maximum absolute atomic E-state index is 12.2. The van der Waals surface area contributed by atoms with Crippen LogP contribution in [0.15, 0.2) is 12.2 Å². The van der Waals surface area contributed by atoms with Gasteiger partial charge in [-0.1, -0.05) is 6.58 Å². The Labute approximate surface area is 157 Å². The maximum Gasteiger partial charge on any atom is 0.333 e. The van der Waals surface area contributed by atoms with E-state index in [-0.39, 0.29) is 17.2 Å². The third-order valence-electron chi connectivity index (χ3n) is 7.46. The summed E-state index contributed by atoms with van der Waals surface area (Å²) >= 11 is 0. The summed E-state index contributed by atoms with van der Waals surface area (Å²) in [7, 11) is 0. The number of aliphatic hydroxyl groups excluding tert-OH is 1. The number of hydrogen-bond acceptors (Lipinski definition) is 4. The molecular weight excluding hydrogens is 328 g/mol. The molecule has 0 aromatic rings. The van der Waals surface area contributed by atoms with Gasteiger partial charge in [0.15, 0.2) is 0 Å². The Morgan fingerprint density at radius 2 is 1.62 bits per heavy atom. The Morgan fingerprint density at radius 1 is 1.04 bits per heavy atom. The molecule has 0 spiro atoms. The molecule has 0 aromatic heterocycles. The first-order chi connectivity index (χ1) is 12.4. The highest BCUT2D eigenvalue weighted by molar-refractivity contribution is 5.87. The van der Waals surface area contributed by atoms with E-state index in [2.05, 4.69) is 6.58 Å². The molecule has 2 atom stereocenters. The maximum atomic E-state index is 12.2. The molecule has 0 radical (unpaired) electrons. The van der Waals surface area contributed by atoms with Crippen LogP contribution in [-0.2, 0) is 14.3 Å². The summed E-state index contributed by atoms with van der Waals surface area (Å²) in [6.45, 7) is 6.66. The number of esters is 1. The molecule has 5 rings (SSSR count). The fourth-order valence-corrected chi connectivity index (χ4v) is 6.54. The zero-order valence-electron chi connectivity index (χ0n) is 16.2. The number of hydrogen-bond donors (Lipinski definition) is 1. The highest BCUT2D eigenvalue weighted by Gasteiger charge is 2.60. The quantitative estimate of drug-likeness (QED) is 0.573. The fourth-order valence-electron chi connectivity index (χ4n) is 6.54. The average Bonchev–Trinajstić information content (AvgIpc) is 2.59. The Balaban J connectivity index is 1.40. The van der Waals surface area contributed by atoms with Crippen LogP contribution in [0.3, 0.4) is 0 Å². The van der Waals surface area contributed by atoms with Crippen LogP contribution >= 0.6 is 0 Å². The van der Waals surface area contributed by atoms with Gasteiger partial charge in [-0.15, -0.1) is 0 Å². The second-order valence-electron chi connectivity index (χ2n) is 9.88. The van der Waals surface area contributed by atoms with Crippen LogP contribution in [0.4, 0.5) is 0 Å². The van der Waals surface area contributed by atoms with Crippen molar-refractivity contribution in [3.05, 3.63) is 12.2 Å². The smallest absolute Gasteiger partial charge is 0.333 e. The molecule has 26 heavy (non-hydrogen) atoms. The molecule has 0 heterocycles.